The van der Waals surface area contributed by atoms with Crippen LogP contribution in [0.5, 0.6) is 0 Å². The van der Waals surface area contributed by atoms with Crippen molar-refractivity contribution in [1.82, 2.24) is 9.47 Å². The molecule has 0 radical (unpaired) electrons. The van der Waals surface area contributed by atoms with E-state index in [1.54, 1.807) is 31.9 Å². The van der Waals surface area contributed by atoms with Crippen molar-refractivity contribution < 1.29 is 14.3 Å². The van der Waals surface area contributed by atoms with Crippen LogP contribution in [0.2, 0.25) is 0 Å². The van der Waals surface area contributed by atoms with Crippen LogP contribution in [0, 0.1) is 24.2 Å². The third kappa shape index (κ3) is 4.76. The number of rotatable bonds is 5. The van der Waals surface area contributed by atoms with Gasteiger partial charge >= 0.3 is 5.97 Å². The molecular weight excluding hydrogens is 484 g/mol. The van der Waals surface area contributed by atoms with Crippen molar-refractivity contribution in [2.24, 2.45) is 13.0 Å². The minimum absolute atomic E-state index is 0.0488. The van der Waals surface area contributed by atoms with Crippen LogP contribution in [-0.2, 0) is 21.4 Å². The minimum Gasteiger partial charge on any atom is -0.466 e. The van der Waals surface area contributed by atoms with Gasteiger partial charge in [0.05, 0.1) is 17.4 Å². The molecule has 35 heavy (non-hydrogen) atoms. The maximum atomic E-state index is 13.4. The number of anilines is 1. The number of hydrogen-bond donors (Lipinski definition) is 0. The third-order valence-electron chi connectivity index (χ3n) is 7.10. The summed E-state index contributed by atoms with van der Waals surface area (Å²) in [7, 11) is 1.63. The number of pyridine rings is 1. The molecule has 1 amide bonds. The van der Waals surface area contributed by atoms with Crippen LogP contribution in [-0.4, -0.2) is 51.4 Å². The van der Waals surface area contributed by atoms with Gasteiger partial charge in [0.15, 0.2) is 0 Å². The van der Waals surface area contributed by atoms with E-state index < -0.39 is 5.56 Å². The van der Waals surface area contributed by atoms with E-state index in [0.717, 1.165) is 32.1 Å². The summed E-state index contributed by atoms with van der Waals surface area (Å²) in [6, 6.07) is 2.17. The van der Waals surface area contributed by atoms with Gasteiger partial charge in [0, 0.05) is 31.7 Å². The van der Waals surface area contributed by atoms with Gasteiger partial charge in [-0.15, -0.1) is 0 Å². The number of carbonyl (C=O) groups excluding carboxylic acids is 2. The Morgan fingerprint density at radius 2 is 1.97 bits per heavy atom. The lowest BCUT2D eigenvalue weighted by Crippen LogP contribution is -2.42. The zero-order valence-corrected chi connectivity index (χ0v) is 22.0. The Balaban J connectivity index is 1.78. The van der Waals surface area contributed by atoms with E-state index in [0.29, 0.717) is 52.3 Å². The maximum Gasteiger partial charge on any atom is 0.310 e. The quantitative estimate of drug-likeness (QED) is 0.335. The molecule has 1 saturated carbocycles. The third-order valence-corrected chi connectivity index (χ3v) is 8.43. The summed E-state index contributed by atoms with van der Waals surface area (Å²) >= 11 is 6.83. The van der Waals surface area contributed by atoms with Crippen molar-refractivity contribution in [3.8, 4) is 6.07 Å². The first-order valence-electron chi connectivity index (χ1n) is 12.1. The van der Waals surface area contributed by atoms with Crippen molar-refractivity contribution in [2.75, 3.05) is 24.6 Å². The van der Waals surface area contributed by atoms with Crippen LogP contribution < -0.4 is 10.5 Å². The molecule has 2 aliphatic heterocycles. The summed E-state index contributed by atoms with van der Waals surface area (Å²) < 4.78 is 7.26. The SMILES string of the molecule is CCOC(=O)C1CCCN(c2c(C=C3SC(=S)N(C4CCCC4)C3=O)c(C)c(C#N)c(=O)n2C)C1. The summed E-state index contributed by atoms with van der Waals surface area (Å²) in [6.45, 7) is 4.89. The lowest BCUT2D eigenvalue weighted by molar-refractivity contribution is -0.148. The molecule has 1 atom stereocenters. The minimum atomic E-state index is -0.395. The number of aromatic nitrogens is 1. The van der Waals surface area contributed by atoms with Crippen LogP contribution in [0.3, 0.4) is 0 Å². The fraction of sp³-hybridized carbons (Fsp3) is 0.560. The fourth-order valence-corrected chi connectivity index (χ4v) is 6.69. The van der Waals surface area contributed by atoms with Gasteiger partial charge in [0.25, 0.3) is 11.5 Å². The lowest BCUT2D eigenvalue weighted by Gasteiger charge is -2.35. The molecule has 1 aromatic heterocycles. The summed E-state index contributed by atoms with van der Waals surface area (Å²) in [5.41, 5.74) is 0.816. The highest BCUT2D eigenvalue weighted by atomic mass is 32.2. The Kier molecular flexibility index (Phi) is 7.67. The Morgan fingerprint density at radius 1 is 1.26 bits per heavy atom. The molecule has 4 rings (SSSR count). The average molecular weight is 515 g/mol. The van der Waals surface area contributed by atoms with Gasteiger partial charge in [-0.05, 0) is 51.2 Å². The zero-order valence-electron chi connectivity index (χ0n) is 20.3. The number of esters is 1. The smallest absolute Gasteiger partial charge is 0.310 e. The second-order valence-corrected chi connectivity index (χ2v) is 10.9. The molecule has 8 nitrogen and oxygen atoms in total. The molecule has 2 saturated heterocycles. The molecule has 3 heterocycles. The van der Waals surface area contributed by atoms with E-state index in [-0.39, 0.29) is 29.4 Å². The van der Waals surface area contributed by atoms with Gasteiger partial charge in [0.2, 0.25) is 0 Å². The number of thioether (sulfide) groups is 1. The van der Waals surface area contributed by atoms with Gasteiger partial charge in [-0.1, -0.05) is 36.8 Å². The van der Waals surface area contributed by atoms with Crippen molar-refractivity contribution >= 4 is 52.1 Å². The number of nitriles is 1. The van der Waals surface area contributed by atoms with Gasteiger partial charge in [-0.2, -0.15) is 5.26 Å². The number of nitrogens with zero attached hydrogens (tertiary/aromatic N) is 4. The summed E-state index contributed by atoms with van der Waals surface area (Å²) in [4.78, 5) is 43.1. The van der Waals surface area contributed by atoms with Gasteiger partial charge < -0.3 is 9.64 Å². The number of thiocarbonyl (C=S) groups is 1. The molecule has 0 aromatic carbocycles. The highest BCUT2D eigenvalue weighted by Gasteiger charge is 2.39. The molecule has 1 unspecified atom stereocenters. The fourth-order valence-electron chi connectivity index (χ4n) is 5.30. The summed E-state index contributed by atoms with van der Waals surface area (Å²) in [5, 5.41) is 9.70. The van der Waals surface area contributed by atoms with Gasteiger partial charge in [-0.25, -0.2) is 0 Å². The number of carbonyl (C=O) groups is 2. The van der Waals surface area contributed by atoms with Crippen LogP contribution in [0.4, 0.5) is 5.82 Å². The van der Waals surface area contributed by atoms with Crippen LogP contribution >= 0.6 is 24.0 Å². The molecule has 3 aliphatic rings. The summed E-state index contributed by atoms with van der Waals surface area (Å²) in [5.74, 6) is -0.0611. The number of amides is 1. The van der Waals surface area contributed by atoms with E-state index in [2.05, 4.69) is 0 Å². The number of piperidine rings is 1. The van der Waals surface area contributed by atoms with Crippen LogP contribution in [0.25, 0.3) is 6.08 Å². The lowest BCUT2D eigenvalue weighted by atomic mass is 9.96. The Morgan fingerprint density at radius 3 is 2.63 bits per heavy atom. The standard InChI is InChI=1S/C25H30N4O4S2/c1-4-33-24(32)16-8-7-11-28(14-16)21-18(15(2)19(13-26)22(30)27(21)3)12-20-23(31)29(25(34)35-20)17-9-5-6-10-17/h12,16-17H,4-11,14H2,1-3H3. The first-order valence-corrected chi connectivity index (χ1v) is 13.3. The number of hydrogen-bond acceptors (Lipinski definition) is 8. The second-order valence-electron chi connectivity index (χ2n) is 9.24. The number of ether oxygens (including phenoxy) is 1. The van der Waals surface area contributed by atoms with E-state index >= 15 is 0 Å². The van der Waals surface area contributed by atoms with Crippen molar-refractivity contribution in [3.63, 3.8) is 0 Å². The molecule has 1 aliphatic carbocycles. The van der Waals surface area contributed by atoms with E-state index in [1.165, 1.54) is 16.3 Å². The Labute approximate surface area is 214 Å². The molecule has 0 N–H and O–H groups in total. The first-order chi connectivity index (χ1) is 16.8. The van der Waals surface area contributed by atoms with E-state index in [9.17, 15) is 19.6 Å². The Bertz CT molecular complexity index is 1190. The molecular formula is C25H30N4O4S2. The first kappa shape index (κ1) is 25.5. The van der Waals surface area contributed by atoms with E-state index in [1.807, 2.05) is 11.0 Å². The molecule has 0 spiro atoms. The maximum absolute atomic E-state index is 13.4. The Hall–Kier alpha value is -2.64. The van der Waals surface area contributed by atoms with Crippen molar-refractivity contribution in [2.45, 2.75) is 58.4 Å². The van der Waals surface area contributed by atoms with E-state index in [4.69, 9.17) is 17.0 Å². The molecule has 0 bridgehead atoms. The predicted molar refractivity (Wildman–Crippen MR) is 140 cm³/mol. The highest BCUT2D eigenvalue weighted by Crippen LogP contribution is 2.39. The molecule has 186 valence electrons. The molecule has 1 aromatic rings. The van der Waals surface area contributed by atoms with Gasteiger partial charge in [0.1, 0.15) is 21.8 Å². The zero-order chi connectivity index (χ0) is 25.3. The average Bonchev–Trinajstić information content (AvgIpc) is 3.46. The normalized spacial score (nSPS) is 22.2. The van der Waals surface area contributed by atoms with Gasteiger partial charge in [-0.3, -0.25) is 23.9 Å². The molecule has 10 heteroatoms. The van der Waals surface area contributed by atoms with Crippen molar-refractivity contribution in [1.29, 1.82) is 5.26 Å². The van der Waals surface area contributed by atoms with Crippen LogP contribution in [0.15, 0.2) is 9.70 Å². The monoisotopic (exact) mass is 514 g/mol. The van der Waals surface area contributed by atoms with Crippen molar-refractivity contribution in [3.05, 3.63) is 31.9 Å². The largest absolute Gasteiger partial charge is 0.466 e. The highest BCUT2D eigenvalue weighted by molar-refractivity contribution is 8.26. The predicted octanol–water partition coefficient (Wildman–Crippen LogP) is 3.49. The summed E-state index contributed by atoms with van der Waals surface area (Å²) in [6.07, 6.45) is 7.33. The van der Waals surface area contributed by atoms with Crippen LogP contribution in [0.1, 0.15) is 62.1 Å². The second kappa shape index (κ2) is 10.5. The topological polar surface area (TPSA) is 95.6 Å². The molecule has 3 fully saturated rings.